The quantitative estimate of drug-likeness (QED) is 0.749. The van der Waals surface area contributed by atoms with Crippen LogP contribution < -0.4 is 0 Å². The van der Waals surface area contributed by atoms with Gasteiger partial charge in [0.25, 0.3) is 0 Å². The molecular weight excluding hydrogens is 356 g/mol. The molecule has 6 heteroatoms. The minimum atomic E-state index is -3.46. The van der Waals surface area contributed by atoms with Gasteiger partial charge in [0.2, 0.25) is 10.0 Å². The third-order valence-electron chi connectivity index (χ3n) is 5.11. The summed E-state index contributed by atoms with van der Waals surface area (Å²) in [6.07, 6.45) is 8.42. The van der Waals surface area contributed by atoms with Crippen LogP contribution in [0.3, 0.4) is 0 Å². The van der Waals surface area contributed by atoms with E-state index in [9.17, 15) is 8.42 Å². The first kappa shape index (κ1) is 20.2. The number of likely N-dealkylation sites (N-methyl/N-ethyl adjacent to an activating group) is 1. The molecule has 0 radical (unpaired) electrons. The smallest absolute Gasteiger partial charge is 0.243 e. The lowest BCUT2D eigenvalue weighted by molar-refractivity contribution is 0.228. The molecule has 1 aliphatic heterocycles. The molecule has 0 spiro atoms. The van der Waals surface area contributed by atoms with Gasteiger partial charge in [0.15, 0.2) is 0 Å². The molecule has 0 fully saturated rings. The monoisotopic (exact) mass is 382 g/mol. The van der Waals surface area contributed by atoms with E-state index in [1.807, 2.05) is 19.1 Å². The Hall–Kier alpha value is -1.14. The zero-order valence-electron chi connectivity index (χ0n) is 15.1. The summed E-state index contributed by atoms with van der Waals surface area (Å²) >= 11 is 0. The van der Waals surface area contributed by atoms with Crippen LogP contribution >= 0.6 is 12.4 Å². The van der Waals surface area contributed by atoms with E-state index in [0.29, 0.717) is 10.9 Å². The highest BCUT2D eigenvalue weighted by Crippen LogP contribution is 2.27. The predicted octanol–water partition coefficient (Wildman–Crippen LogP) is 3.39. The van der Waals surface area contributed by atoms with E-state index < -0.39 is 10.0 Å². The van der Waals surface area contributed by atoms with Gasteiger partial charge in [0.1, 0.15) is 0 Å². The van der Waals surface area contributed by atoms with Crippen molar-refractivity contribution in [1.29, 1.82) is 0 Å². The van der Waals surface area contributed by atoms with Crippen molar-refractivity contribution in [2.24, 2.45) is 0 Å². The Morgan fingerprint density at radius 3 is 2.60 bits per heavy atom. The van der Waals surface area contributed by atoms with Crippen LogP contribution in [0, 0.1) is 6.92 Å². The lowest BCUT2D eigenvalue weighted by Crippen LogP contribution is -2.40. The molecule has 0 saturated carbocycles. The molecule has 0 bridgehead atoms. The standard InChI is InChI=1S/C19H26N2O2S.ClH/c1-15-9-11-21(12-10-15)18-8-7-17(14-18)20(3)24(22,23)19-6-4-5-16(2)13-19;/h4-9,13,17-18H,10-12,14H2,1-3H3;1H/t17-,18+;/m1./s1. The maximum absolute atomic E-state index is 12.9. The van der Waals surface area contributed by atoms with Gasteiger partial charge in [0.05, 0.1) is 4.90 Å². The van der Waals surface area contributed by atoms with Crippen molar-refractivity contribution in [3.63, 3.8) is 0 Å². The van der Waals surface area contributed by atoms with Crippen LogP contribution in [0.5, 0.6) is 0 Å². The van der Waals surface area contributed by atoms with Crippen LogP contribution in [0.4, 0.5) is 0 Å². The fourth-order valence-corrected chi connectivity index (χ4v) is 4.84. The number of aryl methyl sites for hydroxylation is 1. The second-order valence-electron chi connectivity index (χ2n) is 6.89. The summed E-state index contributed by atoms with van der Waals surface area (Å²) in [6, 6.07) is 7.37. The van der Waals surface area contributed by atoms with Gasteiger partial charge in [-0.3, -0.25) is 4.90 Å². The third kappa shape index (κ3) is 4.34. The molecule has 0 aromatic heterocycles. The van der Waals surface area contributed by atoms with Crippen LogP contribution in [0.2, 0.25) is 0 Å². The molecule has 0 saturated heterocycles. The van der Waals surface area contributed by atoms with Gasteiger partial charge in [-0.05, 0) is 44.4 Å². The van der Waals surface area contributed by atoms with Crippen molar-refractivity contribution in [2.75, 3.05) is 20.1 Å². The Kier molecular flexibility index (Phi) is 6.49. The summed E-state index contributed by atoms with van der Waals surface area (Å²) < 4.78 is 27.2. The van der Waals surface area contributed by atoms with E-state index in [1.54, 1.807) is 25.2 Å². The molecular formula is C19H27ClN2O2S. The summed E-state index contributed by atoms with van der Waals surface area (Å²) in [7, 11) is -1.77. The molecule has 2 atom stereocenters. The summed E-state index contributed by atoms with van der Waals surface area (Å²) in [5.74, 6) is 0. The van der Waals surface area contributed by atoms with Crippen molar-refractivity contribution in [3.05, 3.63) is 53.6 Å². The Labute approximate surface area is 157 Å². The lowest BCUT2D eigenvalue weighted by Gasteiger charge is -2.32. The summed E-state index contributed by atoms with van der Waals surface area (Å²) in [5, 5.41) is 0. The Morgan fingerprint density at radius 2 is 1.96 bits per heavy atom. The number of nitrogens with zero attached hydrogens (tertiary/aromatic N) is 2. The predicted molar refractivity (Wildman–Crippen MR) is 105 cm³/mol. The van der Waals surface area contributed by atoms with Crippen molar-refractivity contribution < 1.29 is 8.42 Å². The first-order valence-corrected chi connectivity index (χ1v) is 9.94. The number of halogens is 1. The molecule has 0 N–H and O–H groups in total. The first-order chi connectivity index (χ1) is 11.4. The minimum Gasteiger partial charge on any atom is -0.293 e. The zero-order valence-corrected chi connectivity index (χ0v) is 16.7. The van der Waals surface area contributed by atoms with Crippen molar-refractivity contribution in [1.82, 2.24) is 9.21 Å². The minimum absolute atomic E-state index is 0. The van der Waals surface area contributed by atoms with Crippen LogP contribution in [-0.4, -0.2) is 49.8 Å². The van der Waals surface area contributed by atoms with E-state index in [2.05, 4.69) is 24.0 Å². The second-order valence-corrected chi connectivity index (χ2v) is 8.89. The highest BCUT2D eigenvalue weighted by atomic mass is 35.5. The van der Waals surface area contributed by atoms with Gasteiger partial charge >= 0.3 is 0 Å². The lowest BCUT2D eigenvalue weighted by atomic mass is 10.1. The van der Waals surface area contributed by atoms with Crippen LogP contribution in [-0.2, 0) is 10.0 Å². The molecule has 1 aliphatic carbocycles. The third-order valence-corrected chi connectivity index (χ3v) is 6.99. The van der Waals surface area contributed by atoms with E-state index in [0.717, 1.165) is 31.5 Å². The van der Waals surface area contributed by atoms with E-state index in [-0.39, 0.29) is 18.4 Å². The fraction of sp³-hybridized carbons (Fsp3) is 0.474. The topological polar surface area (TPSA) is 40.6 Å². The van der Waals surface area contributed by atoms with Crippen LogP contribution in [0.1, 0.15) is 25.3 Å². The Balaban J connectivity index is 0.00000225. The molecule has 0 unspecified atom stereocenters. The van der Waals surface area contributed by atoms with Gasteiger partial charge in [-0.1, -0.05) is 35.9 Å². The molecule has 1 aromatic rings. The number of rotatable bonds is 4. The average molecular weight is 383 g/mol. The van der Waals surface area contributed by atoms with Gasteiger partial charge in [-0.25, -0.2) is 8.42 Å². The van der Waals surface area contributed by atoms with Crippen LogP contribution in [0.15, 0.2) is 53.0 Å². The summed E-state index contributed by atoms with van der Waals surface area (Å²) in [4.78, 5) is 2.80. The van der Waals surface area contributed by atoms with Crippen molar-refractivity contribution in [3.8, 4) is 0 Å². The summed E-state index contributed by atoms with van der Waals surface area (Å²) in [6.45, 7) is 6.10. The number of sulfonamides is 1. The largest absolute Gasteiger partial charge is 0.293 e. The van der Waals surface area contributed by atoms with Crippen LogP contribution in [0.25, 0.3) is 0 Å². The van der Waals surface area contributed by atoms with Gasteiger partial charge < -0.3 is 0 Å². The SMILES string of the molecule is CC1=CCN([C@H]2C=C[C@@H](N(C)S(=O)(=O)c3cccc(C)c3)C2)CC1.Cl. The normalized spacial score (nSPS) is 24.2. The average Bonchev–Trinajstić information content (AvgIpc) is 3.04. The highest BCUT2D eigenvalue weighted by Gasteiger charge is 2.33. The number of benzene rings is 1. The highest BCUT2D eigenvalue weighted by molar-refractivity contribution is 7.89. The van der Waals surface area contributed by atoms with Crippen molar-refractivity contribution in [2.45, 2.75) is 43.7 Å². The number of hydrogen-bond donors (Lipinski definition) is 0. The molecule has 2 aliphatic rings. The molecule has 4 nitrogen and oxygen atoms in total. The Bertz CT molecular complexity index is 773. The van der Waals surface area contributed by atoms with Gasteiger partial charge in [0, 0.05) is 32.2 Å². The maximum Gasteiger partial charge on any atom is 0.243 e. The maximum atomic E-state index is 12.9. The Morgan fingerprint density at radius 1 is 1.20 bits per heavy atom. The van der Waals surface area contributed by atoms with Gasteiger partial charge in [-0.15, -0.1) is 12.4 Å². The first-order valence-electron chi connectivity index (χ1n) is 8.50. The fourth-order valence-electron chi connectivity index (χ4n) is 3.41. The molecule has 25 heavy (non-hydrogen) atoms. The molecule has 1 aromatic carbocycles. The van der Waals surface area contributed by atoms with Gasteiger partial charge in [-0.2, -0.15) is 4.31 Å². The number of hydrogen-bond acceptors (Lipinski definition) is 3. The second kappa shape index (κ2) is 8.04. The van der Waals surface area contributed by atoms with Crippen molar-refractivity contribution >= 4 is 22.4 Å². The zero-order chi connectivity index (χ0) is 17.3. The van der Waals surface area contributed by atoms with E-state index >= 15 is 0 Å². The molecule has 0 amide bonds. The molecule has 3 rings (SSSR count). The summed E-state index contributed by atoms with van der Waals surface area (Å²) in [5.41, 5.74) is 2.41. The molecule has 1 heterocycles. The van der Waals surface area contributed by atoms with E-state index in [1.165, 1.54) is 9.88 Å². The molecule has 138 valence electrons. The van der Waals surface area contributed by atoms with E-state index in [4.69, 9.17) is 0 Å².